The highest BCUT2D eigenvalue weighted by atomic mass is 15.1. The van der Waals surface area contributed by atoms with Crippen molar-refractivity contribution in [1.82, 2.24) is 0 Å². The fourth-order valence-corrected chi connectivity index (χ4v) is 2.62. The Kier molecular flexibility index (Phi) is 3.68. The first kappa shape index (κ1) is 12.0. The maximum atomic E-state index is 9.15. The van der Waals surface area contributed by atoms with E-state index in [0.29, 0.717) is 0 Å². The van der Waals surface area contributed by atoms with Crippen molar-refractivity contribution >= 4 is 5.69 Å². The Morgan fingerprint density at radius 1 is 1.35 bits per heavy atom. The molecule has 0 N–H and O–H groups in total. The number of piperidine rings is 1. The largest absolute Gasteiger partial charge is 0.370 e. The van der Waals surface area contributed by atoms with E-state index in [9.17, 15) is 0 Å². The van der Waals surface area contributed by atoms with Crippen molar-refractivity contribution < 1.29 is 0 Å². The Morgan fingerprint density at radius 3 is 2.82 bits per heavy atom. The van der Waals surface area contributed by atoms with Crippen molar-refractivity contribution in [2.45, 2.75) is 26.7 Å². The highest BCUT2D eigenvalue weighted by Crippen LogP contribution is 2.29. The van der Waals surface area contributed by atoms with E-state index in [-0.39, 0.29) is 0 Å². The van der Waals surface area contributed by atoms with E-state index in [4.69, 9.17) is 5.26 Å². The van der Waals surface area contributed by atoms with E-state index in [1.807, 2.05) is 18.2 Å². The standard InChI is InChI=1S/C15H20N2/c1-12(2)14-7-5-9-17(11-14)15-8-4-3-6-13(15)10-16/h3-4,6,8,12,14H,5,7,9,11H2,1-2H3. The minimum absolute atomic E-state index is 0.729. The molecule has 17 heavy (non-hydrogen) atoms. The molecule has 1 aromatic rings. The number of hydrogen-bond acceptors (Lipinski definition) is 2. The third kappa shape index (κ3) is 2.61. The molecule has 1 aromatic carbocycles. The van der Waals surface area contributed by atoms with Gasteiger partial charge in [-0.2, -0.15) is 5.26 Å². The van der Waals surface area contributed by atoms with E-state index < -0.39 is 0 Å². The molecule has 0 saturated carbocycles. The van der Waals surface area contributed by atoms with Crippen LogP contribution in [-0.2, 0) is 0 Å². The van der Waals surface area contributed by atoms with Crippen molar-refractivity contribution in [1.29, 1.82) is 5.26 Å². The van der Waals surface area contributed by atoms with Crippen molar-refractivity contribution in [2.75, 3.05) is 18.0 Å². The summed E-state index contributed by atoms with van der Waals surface area (Å²) in [6.07, 6.45) is 2.56. The summed E-state index contributed by atoms with van der Waals surface area (Å²) in [5.41, 5.74) is 1.91. The summed E-state index contributed by atoms with van der Waals surface area (Å²) in [5, 5.41) is 9.15. The zero-order chi connectivity index (χ0) is 12.3. The third-order valence-electron chi connectivity index (χ3n) is 3.77. The number of para-hydroxylation sites is 1. The topological polar surface area (TPSA) is 27.0 Å². The maximum Gasteiger partial charge on any atom is 0.101 e. The lowest BCUT2D eigenvalue weighted by atomic mass is 9.87. The molecule has 2 heteroatoms. The summed E-state index contributed by atoms with van der Waals surface area (Å²) in [7, 11) is 0. The lowest BCUT2D eigenvalue weighted by molar-refractivity contribution is 0.322. The maximum absolute atomic E-state index is 9.15. The van der Waals surface area contributed by atoms with E-state index in [2.05, 4.69) is 30.9 Å². The number of anilines is 1. The zero-order valence-corrected chi connectivity index (χ0v) is 10.7. The van der Waals surface area contributed by atoms with Gasteiger partial charge in [0, 0.05) is 13.1 Å². The number of nitrogens with zero attached hydrogens (tertiary/aromatic N) is 2. The van der Waals surface area contributed by atoms with Crippen LogP contribution in [-0.4, -0.2) is 13.1 Å². The molecule has 2 rings (SSSR count). The van der Waals surface area contributed by atoms with E-state index in [1.54, 1.807) is 0 Å². The van der Waals surface area contributed by atoms with Crippen LogP contribution in [0.25, 0.3) is 0 Å². The molecule has 0 spiro atoms. The van der Waals surface area contributed by atoms with Gasteiger partial charge in [0.1, 0.15) is 6.07 Å². The summed E-state index contributed by atoms with van der Waals surface area (Å²) in [5.74, 6) is 1.49. The molecular weight excluding hydrogens is 208 g/mol. The van der Waals surface area contributed by atoms with E-state index in [0.717, 1.165) is 36.2 Å². The molecule has 1 aliphatic heterocycles. The number of hydrogen-bond donors (Lipinski definition) is 0. The van der Waals surface area contributed by atoms with Crippen LogP contribution in [0.1, 0.15) is 32.3 Å². The van der Waals surface area contributed by atoms with Crippen LogP contribution in [0.2, 0.25) is 0 Å². The molecule has 2 nitrogen and oxygen atoms in total. The predicted molar refractivity (Wildman–Crippen MR) is 70.9 cm³/mol. The molecule has 1 atom stereocenters. The molecule has 90 valence electrons. The molecule has 0 amide bonds. The zero-order valence-electron chi connectivity index (χ0n) is 10.7. The molecule has 0 bridgehead atoms. The van der Waals surface area contributed by atoms with Gasteiger partial charge in [-0.3, -0.25) is 0 Å². The molecule has 0 aromatic heterocycles. The van der Waals surface area contributed by atoms with Crippen LogP contribution in [0, 0.1) is 23.2 Å². The second kappa shape index (κ2) is 5.23. The van der Waals surface area contributed by atoms with Crippen molar-refractivity contribution in [3.8, 4) is 6.07 Å². The predicted octanol–water partition coefficient (Wildman–Crippen LogP) is 3.43. The molecule has 1 unspecified atom stereocenters. The normalized spacial score (nSPS) is 20.4. The second-order valence-electron chi connectivity index (χ2n) is 5.22. The molecular formula is C15H20N2. The lowest BCUT2D eigenvalue weighted by Crippen LogP contribution is -2.37. The number of benzene rings is 1. The Balaban J connectivity index is 2.19. The third-order valence-corrected chi connectivity index (χ3v) is 3.77. The Labute approximate surface area is 104 Å². The van der Waals surface area contributed by atoms with Gasteiger partial charge in [-0.05, 0) is 36.8 Å². The lowest BCUT2D eigenvalue weighted by Gasteiger charge is -2.36. The van der Waals surface area contributed by atoms with Gasteiger partial charge in [-0.15, -0.1) is 0 Å². The number of rotatable bonds is 2. The molecule has 1 saturated heterocycles. The van der Waals surface area contributed by atoms with Crippen LogP contribution < -0.4 is 4.90 Å². The Hall–Kier alpha value is -1.49. The summed E-state index contributed by atoms with van der Waals surface area (Å²) in [6, 6.07) is 10.2. The van der Waals surface area contributed by atoms with Crippen LogP contribution in [0.3, 0.4) is 0 Å². The molecule has 0 aliphatic carbocycles. The smallest absolute Gasteiger partial charge is 0.101 e. The second-order valence-corrected chi connectivity index (χ2v) is 5.22. The van der Waals surface area contributed by atoms with Crippen LogP contribution >= 0.6 is 0 Å². The summed E-state index contributed by atoms with van der Waals surface area (Å²) < 4.78 is 0. The minimum atomic E-state index is 0.729. The minimum Gasteiger partial charge on any atom is -0.370 e. The average molecular weight is 228 g/mol. The highest BCUT2D eigenvalue weighted by molar-refractivity contribution is 5.59. The highest BCUT2D eigenvalue weighted by Gasteiger charge is 2.23. The molecule has 0 radical (unpaired) electrons. The van der Waals surface area contributed by atoms with Gasteiger partial charge in [0.2, 0.25) is 0 Å². The fourth-order valence-electron chi connectivity index (χ4n) is 2.62. The molecule has 1 aliphatic rings. The average Bonchev–Trinajstić information content (AvgIpc) is 2.39. The van der Waals surface area contributed by atoms with Gasteiger partial charge in [0.25, 0.3) is 0 Å². The van der Waals surface area contributed by atoms with Gasteiger partial charge in [-0.1, -0.05) is 26.0 Å². The van der Waals surface area contributed by atoms with Crippen molar-refractivity contribution in [2.24, 2.45) is 11.8 Å². The quantitative estimate of drug-likeness (QED) is 0.775. The summed E-state index contributed by atoms with van der Waals surface area (Å²) in [4.78, 5) is 2.38. The van der Waals surface area contributed by atoms with Crippen LogP contribution in [0.15, 0.2) is 24.3 Å². The van der Waals surface area contributed by atoms with Crippen LogP contribution in [0.5, 0.6) is 0 Å². The monoisotopic (exact) mass is 228 g/mol. The van der Waals surface area contributed by atoms with Gasteiger partial charge in [-0.25, -0.2) is 0 Å². The molecule has 1 fully saturated rings. The van der Waals surface area contributed by atoms with Gasteiger partial charge < -0.3 is 4.90 Å². The van der Waals surface area contributed by atoms with Gasteiger partial charge in [0.05, 0.1) is 11.3 Å². The SMILES string of the molecule is CC(C)C1CCCN(c2ccccc2C#N)C1. The first-order valence-electron chi connectivity index (χ1n) is 6.46. The summed E-state index contributed by atoms with van der Waals surface area (Å²) >= 11 is 0. The van der Waals surface area contributed by atoms with Crippen LogP contribution in [0.4, 0.5) is 5.69 Å². The first-order valence-corrected chi connectivity index (χ1v) is 6.46. The van der Waals surface area contributed by atoms with E-state index in [1.165, 1.54) is 12.8 Å². The fraction of sp³-hybridized carbons (Fsp3) is 0.533. The van der Waals surface area contributed by atoms with E-state index >= 15 is 0 Å². The molecule has 1 heterocycles. The van der Waals surface area contributed by atoms with Gasteiger partial charge in [0.15, 0.2) is 0 Å². The number of nitriles is 1. The van der Waals surface area contributed by atoms with Crippen molar-refractivity contribution in [3.05, 3.63) is 29.8 Å². The summed E-state index contributed by atoms with van der Waals surface area (Å²) in [6.45, 7) is 6.77. The van der Waals surface area contributed by atoms with Gasteiger partial charge >= 0.3 is 0 Å². The van der Waals surface area contributed by atoms with Crippen molar-refractivity contribution in [3.63, 3.8) is 0 Å². The Morgan fingerprint density at radius 2 is 2.12 bits per heavy atom. The Bertz CT molecular complexity index is 417. The first-order chi connectivity index (χ1) is 8.22.